The van der Waals surface area contributed by atoms with Gasteiger partial charge in [-0.3, -0.25) is 14.7 Å². The molecular weight excluding hydrogens is 588 g/mol. The van der Waals surface area contributed by atoms with Gasteiger partial charge in [0, 0.05) is 29.0 Å². The molecular formula is C32H29ClN4O5S. The van der Waals surface area contributed by atoms with Crippen LogP contribution in [0.5, 0.6) is 11.5 Å². The summed E-state index contributed by atoms with van der Waals surface area (Å²) in [5.74, 6) is 1.04. The highest BCUT2D eigenvalue weighted by atomic mass is 35.5. The monoisotopic (exact) mass is 616 g/mol. The Morgan fingerprint density at radius 3 is 2.07 bits per heavy atom. The van der Waals surface area contributed by atoms with Crippen LogP contribution in [0.4, 0.5) is 5.95 Å². The fraction of sp³-hybridized carbons (Fsp3) is 0.125. The third kappa shape index (κ3) is 7.06. The highest BCUT2D eigenvalue weighted by Gasteiger charge is 2.28. The van der Waals surface area contributed by atoms with E-state index in [1.165, 1.54) is 24.3 Å². The van der Waals surface area contributed by atoms with E-state index >= 15 is 0 Å². The summed E-state index contributed by atoms with van der Waals surface area (Å²) < 4.78 is 40.8. The van der Waals surface area contributed by atoms with Crippen molar-refractivity contribution in [3.63, 3.8) is 0 Å². The Kier molecular flexibility index (Phi) is 9.10. The van der Waals surface area contributed by atoms with Gasteiger partial charge in [0.2, 0.25) is 21.9 Å². The normalized spacial score (nSPS) is 11.3. The first-order valence-electron chi connectivity index (χ1n) is 13.2. The fourth-order valence-electron chi connectivity index (χ4n) is 4.40. The first-order chi connectivity index (χ1) is 20.8. The van der Waals surface area contributed by atoms with Gasteiger partial charge in [-0.05, 0) is 78.4 Å². The number of aromatic nitrogens is 2. The summed E-state index contributed by atoms with van der Waals surface area (Å²) in [6.07, 6.45) is 1.80. The molecule has 43 heavy (non-hydrogen) atoms. The summed E-state index contributed by atoms with van der Waals surface area (Å²) in [7, 11) is -0.882. The second-order valence-corrected chi connectivity index (χ2v) is 11.9. The number of carbonyl (C=O) groups is 1. The van der Waals surface area contributed by atoms with Gasteiger partial charge < -0.3 is 9.47 Å². The summed E-state index contributed by atoms with van der Waals surface area (Å²) in [6.45, 7) is -0.462. The number of nitrogens with one attached hydrogen (secondary N) is 1. The van der Waals surface area contributed by atoms with Crippen LogP contribution in [0.25, 0.3) is 16.9 Å². The molecule has 1 heterocycles. The maximum absolute atomic E-state index is 13.7. The number of amides is 1. The minimum atomic E-state index is -4.06. The standard InChI is InChI=1S/C32H29ClN4O5S/c1-41-27-14-8-24(9-15-27)30-21-37(26-12-16-28(42-2)17-13-26)32(34-30)35-31(38)22-36(20-23-6-4-3-5-7-23)43(39,40)29-18-10-25(33)11-19-29/h3-19,21H,20,22H2,1-2H3,(H,34,35,38). The minimum absolute atomic E-state index is 0.0107. The smallest absolute Gasteiger partial charge is 0.243 e. The van der Waals surface area contributed by atoms with Crippen LogP contribution < -0.4 is 14.8 Å². The molecule has 11 heteroatoms. The highest BCUT2D eigenvalue weighted by molar-refractivity contribution is 7.89. The quantitative estimate of drug-likeness (QED) is 0.194. The molecule has 0 aliphatic carbocycles. The Hall–Kier alpha value is -4.64. The Labute approximate surface area is 255 Å². The topological polar surface area (TPSA) is 103 Å². The van der Waals surface area contributed by atoms with Crippen LogP contribution in [0.1, 0.15) is 5.56 Å². The van der Waals surface area contributed by atoms with Crippen LogP contribution >= 0.6 is 11.6 Å². The lowest BCUT2D eigenvalue weighted by Gasteiger charge is -2.22. The van der Waals surface area contributed by atoms with Gasteiger partial charge in [-0.25, -0.2) is 13.4 Å². The first-order valence-corrected chi connectivity index (χ1v) is 15.1. The molecule has 0 radical (unpaired) electrons. The number of hydrogen-bond acceptors (Lipinski definition) is 6. The molecule has 0 bridgehead atoms. The van der Waals surface area contributed by atoms with Crippen molar-refractivity contribution in [1.82, 2.24) is 13.9 Å². The lowest BCUT2D eigenvalue weighted by atomic mass is 10.1. The summed E-state index contributed by atoms with van der Waals surface area (Å²) in [4.78, 5) is 18.3. The molecule has 4 aromatic carbocycles. The molecule has 0 saturated heterocycles. The third-order valence-electron chi connectivity index (χ3n) is 6.67. The van der Waals surface area contributed by atoms with Gasteiger partial charge in [-0.2, -0.15) is 4.31 Å². The number of rotatable bonds is 11. The number of imidazole rings is 1. The van der Waals surface area contributed by atoms with Crippen molar-refractivity contribution in [1.29, 1.82) is 0 Å². The molecule has 0 atom stereocenters. The van der Waals surface area contributed by atoms with Crippen molar-refractivity contribution < 1.29 is 22.7 Å². The molecule has 0 fully saturated rings. The van der Waals surface area contributed by atoms with E-state index in [9.17, 15) is 13.2 Å². The number of ether oxygens (including phenoxy) is 2. The van der Waals surface area contributed by atoms with E-state index in [-0.39, 0.29) is 17.4 Å². The van der Waals surface area contributed by atoms with Crippen LogP contribution in [0.2, 0.25) is 5.02 Å². The Bertz CT molecular complexity index is 1790. The van der Waals surface area contributed by atoms with Crippen molar-refractivity contribution in [3.05, 3.63) is 120 Å². The van der Waals surface area contributed by atoms with Crippen molar-refractivity contribution in [3.8, 4) is 28.4 Å². The molecule has 1 aromatic heterocycles. The average Bonchev–Trinajstić information content (AvgIpc) is 3.45. The van der Waals surface area contributed by atoms with Gasteiger partial charge in [0.25, 0.3) is 0 Å². The molecule has 9 nitrogen and oxygen atoms in total. The Balaban J connectivity index is 1.47. The number of hydrogen-bond donors (Lipinski definition) is 1. The Morgan fingerprint density at radius 2 is 1.47 bits per heavy atom. The van der Waals surface area contributed by atoms with Gasteiger partial charge in [0.05, 0.1) is 31.4 Å². The number of sulfonamides is 1. The summed E-state index contributed by atoms with van der Waals surface area (Å²) in [6, 6.07) is 29.6. The number of halogens is 1. The van der Waals surface area contributed by atoms with Crippen LogP contribution in [-0.2, 0) is 21.4 Å². The molecule has 5 rings (SSSR count). The molecule has 1 N–H and O–H groups in total. The Morgan fingerprint density at radius 1 is 0.860 bits per heavy atom. The maximum Gasteiger partial charge on any atom is 0.243 e. The van der Waals surface area contributed by atoms with Crippen molar-refractivity contribution in [2.24, 2.45) is 0 Å². The van der Waals surface area contributed by atoms with Gasteiger partial charge in [-0.1, -0.05) is 41.9 Å². The van der Waals surface area contributed by atoms with Crippen molar-refractivity contribution in [2.45, 2.75) is 11.4 Å². The van der Waals surface area contributed by atoms with E-state index in [1.807, 2.05) is 54.6 Å². The number of benzene rings is 4. The molecule has 1 amide bonds. The van der Waals surface area contributed by atoms with E-state index in [4.69, 9.17) is 26.1 Å². The van der Waals surface area contributed by atoms with Crippen molar-refractivity contribution >= 4 is 33.5 Å². The maximum atomic E-state index is 13.7. The van der Waals surface area contributed by atoms with Gasteiger partial charge >= 0.3 is 0 Å². The molecule has 0 saturated carbocycles. The SMILES string of the molecule is COc1ccc(-c2cn(-c3ccc(OC)cc3)c(NC(=O)CN(Cc3ccccc3)S(=O)(=O)c3ccc(Cl)cc3)n2)cc1. The van der Waals surface area contributed by atoms with Gasteiger partial charge in [-0.15, -0.1) is 0 Å². The van der Waals surface area contributed by atoms with Crippen LogP contribution in [0.3, 0.4) is 0 Å². The lowest BCUT2D eigenvalue weighted by Crippen LogP contribution is -2.38. The minimum Gasteiger partial charge on any atom is -0.497 e. The fourth-order valence-corrected chi connectivity index (χ4v) is 5.91. The highest BCUT2D eigenvalue weighted by Crippen LogP contribution is 2.27. The number of nitrogens with zero attached hydrogens (tertiary/aromatic N) is 3. The van der Waals surface area contributed by atoms with Crippen LogP contribution in [0, 0.1) is 0 Å². The predicted octanol–water partition coefficient (Wildman–Crippen LogP) is 6.04. The molecule has 0 unspecified atom stereocenters. The zero-order valence-corrected chi connectivity index (χ0v) is 25.0. The van der Waals surface area contributed by atoms with Gasteiger partial charge in [0.1, 0.15) is 11.5 Å². The number of methoxy groups -OCH3 is 2. The third-order valence-corrected chi connectivity index (χ3v) is 8.72. The zero-order valence-electron chi connectivity index (χ0n) is 23.5. The van der Waals surface area contributed by atoms with Crippen LogP contribution in [0.15, 0.2) is 114 Å². The summed E-state index contributed by atoms with van der Waals surface area (Å²) >= 11 is 5.99. The van der Waals surface area contributed by atoms with Gasteiger partial charge in [0.15, 0.2) is 0 Å². The number of carbonyl (C=O) groups excluding carboxylic acids is 1. The zero-order chi connectivity index (χ0) is 30.4. The molecule has 220 valence electrons. The van der Waals surface area contributed by atoms with E-state index in [0.717, 1.165) is 21.1 Å². The summed E-state index contributed by atoms with van der Waals surface area (Å²) in [5, 5.41) is 3.24. The summed E-state index contributed by atoms with van der Waals surface area (Å²) in [5.41, 5.74) is 2.86. The average molecular weight is 617 g/mol. The molecule has 0 aliphatic heterocycles. The first kappa shape index (κ1) is 29.8. The van der Waals surface area contributed by atoms with Crippen LogP contribution in [-0.4, -0.2) is 48.9 Å². The molecule has 5 aromatic rings. The molecule has 0 spiro atoms. The van der Waals surface area contributed by atoms with E-state index < -0.39 is 22.5 Å². The predicted molar refractivity (Wildman–Crippen MR) is 166 cm³/mol. The van der Waals surface area contributed by atoms with Crippen molar-refractivity contribution in [2.75, 3.05) is 26.1 Å². The lowest BCUT2D eigenvalue weighted by molar-refractivity contribution is -0.116. The second kappa shape index (κ2) is 13.1. The van der Waals surface area contributed by atoms with E-state index in [0.29, 0.717) is 22.2 Å². The van der Waals surface area contributed by atoms with E-state index in [2.05, 4.69) is 5.32 Å². The largest absolute Gasteiger partial charge is 0.497 e. The molecule has 0 aliphatic rings. The number of anilines is 1. The second-order valence-electron chi connectivity index (χ2n) is 9.51. The van der Waals surface area contributed by atoms with E-state index in [1.54, 1.807) is 49.2 Å².